The van der Waals surface area contributed by atoms with Gasteiger partial charge in [-0.2, -0.15) is 0 Å². The minimum atomic E-state index is -1.26. The van der Waals surface area contributed by atoms with Gasteiger partial charge in [0, 0.05) is 61.0 Å². The van der Waals surface area contributed by atoms with E-state index in [1.807, 2.05) is 0 Å². The van der Waals surface area contributed by atoms with Crippen molar-refractivity contribution in [1.82, 2.24) is 19.4 Å². The molecule has 0 bridgehead atoms. The molecule has 0 radical (unpaired) electrons. The molecule has 2 heterocycles. The number of carbonyl (C=O) groups excluding carboxylic acids is 1. The number of halogens is 1. The molecule has 164 valence electrons. The molecule has 7 nitrogen and oxygen atoms in total. The van der Waals surface area contributed by atoms with E-state index in [1.165, 1.54) is 30.5 Å². The summed E-state index contributed by atoms with van der Waals surface area (Å²) < 4.78 is 33.5. The average molecular weight is 453 g/mol. The van der Waals surface area contributed by atoms with E-state index in [1.54, 1.807) is 61.4 Å². The van der Waals surface area contributed by atoms with Gasteiger partial charge in [-0.15, -0.1) is 0 Å². The number of carbonyl (C=O) groups is 1. The van der Waals surface area contributed by atoms with Crippen LogP contribution in [0.5, 0.6) is 5.75 Å². The van der Waals surface area contributed by atoms with Crippen molar-refractivity contribution in [3.8, 4) is 22.8 Å². The van der Waals surface area contributed by atoms with Crippen LogP contribution >= 0.6 is 0 Å². The lowest BCUT2D eigenvalue weighted by atomic mass is 10.1. The lowest BCUT2D eigenvalue weighted by molar-refractivity contribution is 0.0827. The Balaban J connectivity index is 1.83. The molecule has 32 heavy (non-hydrogen) atoms. The monoisotopic (exact) mass is 452 g/mol. The second kappa shape index (κ2) is 8.51. The molecule has 0 saturated carbocycles. The van der Waals surface area contributed by atoms with Crippen molar-refractivity contribution in [3.05, 3.63) is 66.4 Å². The highest BCUT2D eigenvalue weighted by Crippen LogP contribution is 2.29. The molecule has 2 aromatic heterocycles. The molecule has 1 atom stereocenters. The Labute approximate surface area is 186 Å². The predicted molar refractivity (Wildman–Crippen MR) is 121 cm³/mol. The molecule has 4 rings (SSSR count). The van der Waals surface area contributed by atoms with Crippen LogP contribution in [0.15, 0.2) is 59.9 Å². The summed E-state index contributed by atoms with van der Waals surface area (Å²) in [4.78, 5) is 23.3. The second-order valence-corrected chi connectivity index (χ2v) is 8.71. The maximum absolute atomic E-state index is 14.3. The number of rotatable bonds is 5. The van der Waals surface area contributed by atoms with Crippen molar-refractivity contribution in [2.24, 2.45) is 0 Å². The summed E-state index contributed by atoms with van der Waals surface area (Å²) in [6.45, 7) is 0. The Bertz CT molecular complexity index is 1350. The Morgan fingerprint density at radius 3 is 2.47 bits per heavy atom. The van der Waals surface area contributed by atoms with Gasteiger partial charge in [0.1, 0.15) is 11.6 Å². The van der Waals surface area contributed by atoms with Crippen LogP contribution < -0.4 is 4.74 Å². The third-order valence-corrected chi connectivity index (χ3v) is 6.01. The standard InChI is InChI=1S/C23H21FN4O3S/c1-27(2)22(29)14-5-7-17-20(9-14)28(13-21(17)32(4)30)23-25-11-15(12-26-23)18-10-16(31-3)6-8-19(18)24/h5-13H,1-4H3. The van der Waals surface area contributed by atoms with Crippen molar-refractivity contribution in [3.63, 3.8) is 0 Å². The summed E-state index contributed by atoms with van der Waals surface area (Å²) in [5.74, 6) is 0.274. The maximum atomic E-state index is 14.3. The first kappa shape index (κ1) is 21.6. The van der Waals surface area contributed by atoms with Crippen molar-refractivity contribution < 1.29 is 18.1 Å². The van der Waals surface area contributed by atoms with E-state index in [-0.39, 0.29) is 5.91 Å². The molecule has 0 fully saturated rings. The van der Waals surface area contributed by atoms with E-state index in [9.17, 15) is 13.4 Å². The molecule has 0 spiro atoms. The Morgan fingerprint density at radius 1 is 1.12 bits per heavy atom. The van der Waals surface area contributed by atoms with Crippen molar-refractivity contribution in [2.75, 3.05) is 27.5 Å². The number of fused-ring (bicyclic) bond motifs is 1. The van der Waals surface area contributed by atoms with Crippen LogP contribution in [0.4, 0.5) is 4.39 Å². The predicted octanol–water partition coefficient (Wildman–Crippen LogP) is 3.67. The first-order chi connectivity index (χ1) is 15.3. The van der Waals surface area contributed by atoms with E-state index < -0.39 is 16.6 Å². The summed E-state index contributed by atoms with van der Waals surface area (Å²) in [6, 6.07) is 9.66. The third-order valence-electron chi connectivity index (χ3n) is 5.07. The second-order valence-electron chi connectivity index (χ2n) is 7.37. The number of nitrogens with zero attached hydrogens (tertiary/aromatic N) is 4. The highest BCUT2D eigenvalue weighted by atomic mass is 32.2. The molecule has 2 aromatic carbocycles. The van der Waals surface area contributed by atoms with Crippen molar-refractivity contribution in [2.45, 2.75) is 4.90 Å². The van der Waals surface area contributed by atoms with Gasteiger partial charge in [0.25, 0.3) is 5.91 Å². The van der Waals surface area contributed by atoms with Gasteiger partial charge in [0.05, 0.1) is 28.3 Å². The van der Waals surface area contributed by atoms with E-state index in [4.69, 9.17) is 4.74 Å². The maximum Gasteiger partial charge on any atom is 0.253 e. The van der Waals surface area contributed by atoms with E-state index >= 15 is 0 Å². The Morgan fingerprint density at radius 2 is 1.84 bits per heavy atom. The summed E-state index contributed by atoms with van der Waals surface area (Å²) in [6.07, 6.45) is 6.33. The first-order valence-corrected chi connectivity index (χ1v) is 11.2. The number of benzene rings is 2. The van der Waals surface area contributed by atoms with Gasteiger partial charge in [-0.1, -0.05) is 6.07 Å². The van der Waals surface area contributed by atoms with Crippen LogP contribution in [-0.2, 0) is 10.8 Å². The van der Waals surface area contributed by atoms with Gasteiger partial charge in [0.2, 0.25) is 5.95 Å². The largest absolute Gasteiger partial charge is 0.497 e. The van der Waals surface area contributed by atoms with Crippen LogP contribution in [0.25, 0.3) is 28.0 Å². The van der Waals surface area contributed by atoms with E-state index in [0.29, 0.717) is 38.8 Å². The van der Waals surface area contributed by atoms with Gasteiger partial charge >= 0.3 is 0 Å². The molecule has 1 unspecified atom stereocenters. The van der Waals surface area contributed by atoms with Crippen LogP contribution in [0.1, 0.15) is 10.4 Å². The zero-order valence-corrected chi connectivity index (χ0v) is 18.8. The molecule has 0 N–H and O–H groups in total. The van der Waals surface area contributed by atoms with Gasteiger partial charge in [0.15, 0.2) is 0 Å². The number of methoxy groups -OCH3 is 1. The highest BCUT2D eigenvalue weighted by Gasteiger charge is 2.17. The van der Waals surface area contributed by atoms with Crippen LogP contribution in [0.3, 0.4) is 0 Å². The number of ether oxygens (including phenoxy) is 1. The fourth-order valence-electron chi connectivity index (χ4n) is 3.42. The van der Waals surface area contributed by atoms with E-state index in [2.05, 4.69) is 9.97 Å². The average Bonchev–Trinajstić information content (AvgIpc) is 3.18. The zero-order chi connectivity index (χ0) is 23.0. The van der Waals surface area contributed by atoms with Gasteiger partial charge in [-0.3, -0.25) is 13.6 Å². The minimum Gasteiger partial charge on any atom is -0.497 e. The zero-order valence-electron chi connectivity index (χ0n) is 18.0. The summed E-state index contributed by atoms with van der Waals surface area (Å²) in [5, 5.41) is 0.743. The Hall–Kier alpha value is -3.59. The molecule has 0 aliphatic carbocycles. The highest BCUT2D eigenvalue weighted by molar-refractivity contribution is 7.84. The van der Waals surface area contributed by atoms with E-state index in [0.717, 1.165) is 5.39 Å². The quantitative estimate of drug-likeness (QED) is 0.462. The van der Waals surface area contributed by atoms with Gasteiger partial charge in [-0.25, -0.2) is 14.4 Å². The summed E-state index contributed by atoms with van der Waals surface area (Å²) in [7, 11) is 3.61. The number of hydrogen-bond donors (Lipinski definition) is 0. The molecule has 4 aromatic rings. The topological polar surface area (TPSA) is 77.3 Å². The molecular formula is C23H21FN4O3S. The molecule has 0 aliphatic rings. The third kappa shape index (κ3) is 3.87. The summed E-state index contributed by atoms with van der Waals surface area (Å²) >= 11 is 0. The normalized spacial score (nSPS) is 12.0. The smallest absolute Gasteiger partial charge is 0.253 e. The molecule has 9 heteroatoms. The van der Waals surface area contributed by atoms with Gasteiger partial charge in [-0.05, 0) is 30.3 Å². The van der Waals surface area contributed by atoms with Crippen LogP contribution in [0.2, 0.25) is 0 Å². The number of amides is 1. The molecule has 0 aliphatic heterocycles. The fourth-order valence-corrected chi connectivity index (χ4v) is 4.15. The lowest BCUT2D eigenvalue weighted by Crippen LogP contribution is -2.21. The molecule has 0 saturated heterocycles. The SMILES string of the molecule is COc1ccc(F)c(-c2cnc(-n3cc(S(C)=O)c4ccc(C(=O)N(C)C)cc43)nc2)c1. The molecular weight excluding hydrogens is 431 g/mol. The molecule has 1 amide bonds. The van der Waals surface area contributed by atoms with Crippen molar-refractivity contribution in [1.29, 1.82) is 0 Å². The minimum absolute atomic E-state index is 0.149. The van der Waals surface area contributed by atoms with Crippen LogP contribution in [-0.4, -0.2) is 57.0 Å². The van der Waals surface area contributed by atoms with Crippen LogP contribution in [0, 0.1) is 5.82 Å². The Kier molecular flexibility index (Phi) is 5.75. The summed E-state index contributed by atoms with van der Waals surface area (Å²) in [5.41, 5.74) is 1.96. The van der Waals surface area contributed by atoms with Crippen molar-refractivity contribution >= 4 is 27.6 Å². The number of hydrogen-bond acceptors (Lipinski definition) is 5. The van der Waals surface area contributed by atoms with Gasteiger partial charge < -0.3 is 9.64 Å². The lowest BCUT2D eigenvalue weighted by Gasteiger charge is -2.11. The first-order valence-electron chi connectivity index (χ1n) is 9.66. The fraction of sp³-hybridized carbons (Fsp3) is 0.174. The number of aromatic nitrogens is 3.